The summed E-state index contributed by atoms with van der Waals surface area (Å²) in [6.45, 7) is 75.8. The molecule has 782 valence electrons. The van der Waals surface area contributed by atoms with E-state index in [1.165, 1.54) is 159 Å². The summed E-state index contributed by atoms with van der Waals surface area (Å²) in [4.78, 5) is 104. The second-order valence-electron chi connectivity index (χ2n) is 47.1. The lowest BCUT2D eigenvalue weighted by atomic mass is 9.46. The first kappa shape index (κ1) is 119. The zero-order valence-corrected chi connectivity index (χ0v) is 91.4. The number of fused-ring (bicyclic) bond motifs is 1. The van der Waals surface area contributed by atoms with Crippen LogP contribution in [0.15, 0.2) is 182 Å². The van der Waals surface area contributed by atoms with Crippen LogP contribution in [0, 0.1) is 70.5 Å². The maximum atomic E-state index is 12.0. The molecule has 15 aliphatic carbocycles. The van der Waals surface area contributed by atoms with E-state index < -0.39 is 16.8 Å². The molecule has 3 atom stereocenters. The van der Waals surface area contributed by atoms with Crippen molar-refractivity contribution in [3.05, 3.63) is 193 Å². The van der Waals surface area contributed by atoms with E-state index >= 15 is 0 Å². The van der Waals surface area contributed by atoms with Crippen molar-refractivity contribution < 1.29 is 85.8 Å². The number of hydrogen-bond acceptors (Lipinski definition) is 18. The lowest BCUT2D eigenvalue weighted by Gasteiger charge is -2.61. The largest absolute Gasteiger partial charge is 0.457 e. The van der Waals surface area contributed by atoms with E-state index in [0.29, 0.717) is 67.9 Å². The Hall–Kier alpha value is -9.19. The van der Waals surface area contributed by atoms with Gasteiger partial charge in [0.2, 0.25) is 0 Å². The third kappa shape index (κ3) is 33.7. The van der Waals surface area contributed by atoms with Crippen LogP contribution in [-0.2, 0) is 97.0 Å². The molecule has 0 N–H and O–H groups in total. The Morgan fingerprint density at radius 1 is 0.312 bits per heavy atom. The Labute approximate surface area is 849 Å². The lowest BCUT2D eigenvalue weighted by Crippen LogP contribution is -2.59. The predicted octanol–water partition coefficient (Wildman–Crippen LogP) is 30.3. The third-order valence-electron chi connectivity index (χ3n) is 32.5. The highest BCUT2D eigenvalue weighted by Crippen LogP contribution is 2.66. The average molecular weight is 1950 g/mol. The van der Waals surface area contributed by atoms with Gasteiger partial charge in [-0.15, -0.1) is 0 Å². The summed E-state index contributed by atoms with van der Waals surface area (Å²) in [6, 6.07) is 23.9. The molecule has 3 aromatic rings. The molecule has 0 radical (unpaired) electrons. The Balaban J connectivity index is 0.000000217. The van der Waals surface area contributed by atoms with Gasteiger partial charge in [-0.1, -0.05) is 179 Å². The van der Waals surface area contributed by atoms with Gasteiger partial charge in [0.25, 0.3) is 0 Å². The minimum absolute atomic E-state index is 0.139. The van der Waals surface area contributed by atoms with Crippen LogP contribution in [0.2, 0.25) is 0 Å². The SMILES string of the molecule is C=C(C)C(=O)OC(C)(C)C.C=C(C)C(=O)OC(C)(C)C12CC3CC(CC(C3)C1)C2.C=C(C)C(=O)OC(C)(C)c1ccc2ccccc2c1.C=C(C)C(=O)OC(C)(C)c1ccccc1.C=C(C)C(=O)OC1(C)C2CC3CC(C2)CC1C3.C=C(C)C(=O)OC1(CC)CCCC1.C=C(C)C(=O)OC1(CC)CCCCC1.C=C(C)C(=O)OC1(CC)CCCCCCC1.C=C(C)C(=O)OC12CC3CC(CC(C3)C1CC)C2. The van der Waals surface area contributed by atoms with Gasteiger partial charge in [0, 0.05) is 61.5 Å². The van der Waals surface area contributed by atoms with E-state index in [4.69, 9.17) is 42.6 Å². The van der Waals surface area contributed by atoms with Gasteiger partial charge in [-0.3, -0.25) is 0 Å². The summed E-state index contributed by atoms with van der Waals surface area (Å²) < 4.78 is 50.2. The van der Waals surface area contributed by atoms with Gasteiger partial charge in [0.05, 0.1) is 0 Å². The number of esters is 9. The molecule has 0 amide bonds. The van der Waals surface area contributed by atoms with Crippen LogP contribution >= 0.6 is 0 Å². The quantitative estimate of drug-likeness (QED) is 0.0460. The maximum Gasteiger partial charge on any atom is 0.333 e. The summed E-state index contributed by atoms with van der Waals surface area (Å²) in [5.41, 5.74) is 3.59. The van der Waals surface area contributed by atoms with Gasteiger partial charge in [-0.05, 0) is 424 Å². The normalized spacial score (nSPS) is 26.4. The molecule has 15 saturated carbocycles. The molecular weight excluding hydrogens is 1770 g/mol. The second kappa shape index (κ2) is 51.5. The summed E-state index contributed by atoms with van der Waals surface area (Å²) in [6.07, 6.45) is 43.1. The molecule has 15 aliphatic rings. The van der Waals surface area contributed by atoms with Crippen molar-refractivity contribution in [2.75, 3.05) is 0 Å². The summed E-state index contributed by atoms with van der Waals surface area (Å²) >= 11 is 0. The van der Waals surface area contributed by atoms with Crippen molar-refractivity contribution in [1.82, 2.24) is 0 Å². The van der Waals surface area contributed by atoms with Crippen LogP contribution in [0.25, 0.3) is 10.8 Å². The molecule has 0 spiro atoms. The summed E-state index contributed by atoms with van der Waals surface area (Å²) in [5, 5.41) is 2.31. The maximum absolute atomic E-state index is 12.0. The average Bonchev–Trinajstić information content (AvgIpc) is 0.850. The van der Waals surface area contributed by atoms with E-state index in [-0.39, 0.29) is 92.7 Å². The van der Waals surface area contributed by atoms with E-state index in [0.717, 1.165) is 141 Å². The van der Waals surface area contributed by atoms with Gasteiger partial charge >= 0.3 is 53.7 Å². The Kier molecular flexibility index (Phi) is 43.4. The number of ether oxygens (including phenoxy) is 9. The minimum Gasteiger partial charge on any atom is -0.457 e. The van der Waals surface area contributed by atoms with E-state index in [9.17, 15) is 43.2 Å². The fourth-order valence-electron chi connectivity index (χ4n) is 24.8. The summed E-state index contributed by atoms with van der Waals surface area (Å²) in [5.74, 6) is 6.37. The van der Waals surface area contributed by atoms with Crippen LogP contribution < -0.4 is 0 Å². The molecule has 12 bridgehead atoms. The zero-order chi connectivity index (χ0) is 105. The van der Waals surface area contributed by atoms with Gasteiger partial charge < -0.3 is 42.6 Å². The third-order valence-corrected chi connectivity index (χ3v) is 32.5. The molecule has 18 heteroatoms. The molecule has 15 fully saturated rings. The van der Waals surface area contributed by atoms with Crippen LogP contribution in [-0.4, -0.2) is 92.9 Å². The second-order valence-corrected chi connectivity index (χ2v) is 47.1. The Bertz CT molecular complexity index is 4810. The first-order valence-corrected chi connectivity index (χ1v) is 53.3. The van der Waals surface area contributed by atoms with Crippen LogP contribution in [0.4, 0.5) is 0 Å². The fraction of sp³-hybridized carbons (Fsp3) is 0.650. The molecule has 0 aromatic heterocycles. The van der Waals surface area contributed by atoms with E-state index in [2.05, 4.69) is 126 Å². The lowest BCUT2D eigenvalue weighted by molar-refractivity contribution is -0.205. The molecule has 0 heterocycles. The topological polar surface area (TPSA) is 237 Å². The van der Waals surface area contributed by atoms with Crippen molar-refractivity contribution in [2.45, 2.75) is 441 Å². The van der Waals surface area contributed by atoms with Crippen molar-refractivity contribution in [2.24, 2.45) is 70.5 Å². The number of carbonyl (C=O) groups excluding carboxylic acids is 9. The van der Waals surface area contributed by atoms with Gasteiger partial charge in [0.15, 0.2) is 0 Å². The fourth-order valence-corrected chi connectivity index (χ4v) is 24.8. The highest BCUT2D eigenvalue weighted by Gasteiger charge is 2.61. The van der Waals surface area contributed by atoms with Crippen molar-refractivity contribution in [3.63, 3.8) is 0 Å². The highest BCUT2D eigenvalue weighted by atomic mass is 16.6. The number of hydrogen-bond donors (Lipinski definition) is 0. The van der Waals surface area contributed by atoms with Crippen LogP contribution in [0.3, 0.4) is 0 Å². The monoisotopic (exact) mass is 1950 g/mol. The molecule has 0 saturated heterocycles. The smallest absolute Gasteiger partial charge is 0.333 e. The molecule has 18 nitrogen and oxygen atoms in total. The zero-order valence-electron chi connectivity index (χ0n) is 91.4. The van der Waals surface area contributed by atoms with Gasteiger partial charge in [-0.2, -0.15) is 0 Å². The Morgan fingerprint density at radius 3 is 0.957 bits per heavy atom. The van der Waals surface area contributed by atoms with Crippen molar-refractivity contribution >= 4 is 64.5 Å². The first-order chi connectivity index (χ1) is 65.8. The summed E-state index contributed by atoms with van der Waals surface area (Å²) in [7, 11) is 0. The molecule has 141 heavy (non-hydrogen) atoms. The molecule has 3 aromatic carbocycles. The van der Waals surface area contributed by atoms with Gasteiger partial charge in [-0.25, -0.2) is 43.2 Å². The number of carbonyl (C=O) groups is 9. The highest BCUT2D eigenvalue weighted by molar-refractivity contribution is 5.91. The van der Waals surface area contributed by atoms with Gasteiger partial charge in [0.1, 0.15) is 50.4 Å². The van der Waals surface area contributed by atoms with Crippen molar-refractivity contribution in [1.29, 1.82) is 0 Å². The van der Waals surface area contributed by atoms with E-state index in [1.54, 1.807) is 62.3 Å². The minimum atomic E-state index is -0.667. The first-order valence-electron chi connectivity index (χ1n) is 53.3. The predicted molar refractivity (Wildman–Crippen MR) is 567 cm³/mol. The molecular formula is C123H182O18. The van der Waals surface area contributed by atoms with Crippen molar-refractivity contribution in [3.8, 4) is 0 Å². The Morgan fingerprint density at radius 2 is 0.610 bits per heavy atom. The molecule has 3 unspecified atom stereocenters. The molecule has 18 rings (SSSR count). The molecule has 0 aliphatic heterocycles. The van der Waals surface area contributed by atoms with E-state index in [1.807, 2.05) is 103 Å². The van der Waals surface area contributed by atoms with Crippen LogP contribution in [0.5, 0.6) is 0 Å². The standard InChI is InChI=1S/C17H26O2.C17H18O2.C16H24O2.C15H22O2.C14H24O2.C13H16O2.C12H20O2.C11H18O2.C8H14O2/c1-11(2)15(18)19-16(3,4)17-8-12-5-13(9-17)7-14(6-12)10-17;1-12(2)16(18)19-17(3,4)15-10-9-13-7-5-6-8-14(13)11-15;1-4-14-13-6-11-5-12(7-13)9-16(14,8-11)18-15(17)10(2)3;1-9(2)14(16)17-15(3)12-5-10-4-11(7-12)8-13(15)6-10;1-4-14(16-13(15)12(2)3)10-8-6-5-7-9-11-14;1-10(2)12(14)15-13(3,4)11-8-6-5-7-9-11;1-4-12(8-6-5-7-9-12)14-11(13)10(2)3;1-4-11(7-5-6-8-11)13-10(12)9(2)3;1-6(2)7(9)10-8(3,4)5/h12-14H,1,5-10H2,2-4H3;5-11H,1H2,2-4H3;11-14H,2,4-9H2,1,3H3;10-13H,1,4-8H2,2-3H3;2,4-11H2,1,3H3;5-9H,1H2,2-4H3;2,4-9H2,1,3H3;2,4-8H2,1,3H3;1H2,2-5H3. The number of rotatable bonds is 24. The van der Waals surface area contributed by atoms with Crippen LogP contribution in [0.1, 0.15) is 402 Å². The number of benzene rings is 3.